The number of benzene rings is 1. The molecule has 0 radical (unpaired) electrons. The van der Waals surface area contributed by atoms with E-state index < -0.39 is 0 Å². The molecular weight excluding hydrogens is 282 g/mol. The molecule has 3 amide bonds. The van der Waals surface area contributed by atoms with Crippen LogP contribution in [0.4, 0.5) is 11.4 Å². The standard InChI is InChI=1S/C16H23N3O3/c1-11(2)16(22)17-9-10-19(13(4)21)15-7-5-14(6-8-15)18-12(3)20/h5-8,11H,9-10H2,1-4H3,(H,17,22)(H,18,20). The number of anilines is 2. The van der Waals surface area contributed by atoms with Gasteiger partial charge in [0, 0.05) is 44.2 Å². The number of nitrogens with zero attached hydrogens (tertiary/aromatic N) is 1. The van der Waals surface area contributed by atoms with E-state index in [0.717, 1.165) is 5.69 Å². The van der Waals surface area contributed by atoms with Crippen LogP contribution in [0.5, 0.6) is 0 Å². The van der Waals surface area contributed by atoms with E-state index in [-0.39, 0.29) is 23.6 Å². The van der Waals surface area contributed by atoms with E-state index >= 15 is 0 Å². The molecule has 0 aliphatic carbocycles. The van der Waals surface area contributed by atoms with Crippen LogP contribution in [0.25, 0.3) is 0 Å². The second-order valence-corrected chi connectivity index (χ2v) is 5.34. The Morgan fingerprint density at radius 3 is 2.14 bits per heavy atom. The predicted octanol–water partition coefficient (Wildman–Crippen LogP) is 1.77. The number of hydrogen-bond acceptors (Lipinski definition) is 3. The number of carbonyl (C=O) groups excluding carboxylic acids is 3. The number of amides is 3. The van der Waals surface area contributed by atoms with Crippen LogP contribution < -0.4 is 15.5 Å². The van der Waals surface area contributed by atoms with Crippen molar-refractivity contribution in [3.05, 3.63) is 24.3 Å². The van der Waals surface area contributed by atoms with Crippen LogP contribution in [0.3, 0.4) is 0 Å². The highest BCUT2D eigenvalue weighted by atomic mass is 16.2. The van der Waals surface area contributed by atoms with Gasteiger partial charge in [0.25, 0.3) is 0 Å². The van der Waals surface area contributed by atoms with Crippen LogP contribution >= 0.6 is 0 Å². The Bertz CT molecular complexity index is 538. The third-order valence-corrected chi connectivity index (χ3v) is 3.04. The fourth-order valence-electron chi connectivity index (χ4n) is 1.89. The normalized spacial score (nSPS) is 10.2. The van der Waals surface area contributed by atoms with E-state index in [4.69, 9.17) is 0 Å². The third kappa shape index (κ3) is 5.55. The first-order valence-corrected chi connectivity index (χ1v) is 7.24. The van der Waals surface area contributed by atoms with Gasteiger partial charge in [-0.05, 0) is 24.3 Å². The van der Waals surface area contributed by atoms with Crippen LogP contribution in [0.15, 0.2) is 24.3 Å². The number of carbonyl (C=O) groups is 3. The molecule has 0 saturated heterocycles. The molecule has 0 aromatic heterocycles. The first-order valence-electron chi connectivity index (χ1n) is 7.24. The third-order valence-electron chi connectivity index (χ3n) is 3.04. The quantitative estimate of drug-likeness (QED) is 0.840. The van der Waals surface area contributed by atoms with Crippen LogP contribution in [-0.2, 0) is 14.4 Å². The molecule has 22 heavy (non-hydrogen) atoms. The summed E-state index contributed by atoms with van der Waals surface area (Å²) in [5.74, 6) is -0.370. The van der Waals surface area contributed by atoms with Gasteiger partial charge in [0.2, 0.25) is 17.7 Å². The van der Waals surface area contributed by atoms with Gasteiger partial charge in [0.15, 0.2) is 0 Å². The van der Waals surface area contributed by atoms with E-state index in [9.17, 15) is 14.4 Å². The largest absolute Gasteiger partial charge is 0.354 e. The van der Waals surface area contributed by atoms with Crippen molar-refractivity contribution in [3.8, 4) is 0 Å². The molecule has 0 fully saturated rings. The molecule has 0 atom stereocenters. The highest BCUT2D eigenvalue weighted by Gasteiger charge is 2.12. The van der Waals surface area contributed by atoms with Crippen molar-refractivity contribution in [1.29, 1.82) is 0 Å². The number of nitrogens with one attached hydrogen (secondary N) is 2. The molecule has 2 N–H and O–H groups in total. The summed E-state index contributed by atoms with van der Waals surface area (Å²) < 4.78 is 0. The lowest BCUT2D eigenvalue weighted by molar-refractivity contribution is -0.124. The lowest BCUT2D eigenvalue weighted by atomic mass is 10.2. The first-order chi connectivity index (χ1) is 10.3. The first kappa shape index (κ1) is 17.7. The van der Waals surface area contributed by atoms with E-state index in [1.165, 1.54) is 13.8 Å². The van der Waals surface area contributed by atoms with Gasteiger partial charge in [-0.1, -0.05) is 13.8 Å². The second-order valence-electron chi connectivity index (χ2n) is 5.34. The smallest absolute Gasteiger partial charge is 0.223 e. The molecule has 6 nitrogen and oxygen atoms in total. The summed E-state index contributed by atoms with van der Waals surface area (Å²) in [4.78, 5) is 35.8. The Kier molecular flexibility index (Phi) is 6.56. The zero-order valence-electron chi connectivity index (χ0n) is 13.5. The van der Waals surface area contributed by atoms with Crippen LogP contribution in [0, 0.1) is 5.92 Å². The molecule has 1 rings (SSSR count). The summed E-state index contributed by atoms with van der Waals surface area (Å²) in [5.41, 5.74) is 1.40. The SMILES string of the molecule is CC(=O)Nc1ccc(N(CCNC(=O)C(C)C)C(C)=O)cc1. The molecule has 0 aliphatic rings. The molecule has 0 saturated carbocycles. The topological polar surface area (TPSA) is 78.5 Å². The van der Waals surface area contributed by atoms with Gasteiger partial charge in [-0.3, -0.25) is 14.4 Å². The molecule has 6 heteroatoms. The zero-order valence-corrected chi connectivity index (χ0v) is 13.5. The fraction of sp³-hybridized carbons (Fsp3) is 0.438. The zero-order chi connectivity index (χ0) is 16.7. The minimum Gasteiger partial charge on any atom is -0.354 e. The van der Waals surface area contributed by atoms with Crippen molar-refractivity contribution < 1.29 is 14.4 Å². The van der Waals surface area contributed by atoms with Crippen molar-refractivity contribution in [1.82, 2.24) is 5.32 Å². The average Bonchev–Trinajstić information content (AvgIpc) is 2.43. The van der Waals surface area contributed by atoms with Crippen molar-refractivity contribution in [2.75, 3.05) is 23.3 Å². The van der Waals surface area contributed by atoms with Crippen LogP contribution in [0.2, 0.25) is 0 Å². The Hall–Kier alpha value is -2.37. The Morgan fingerprint density at radius 1 is 1.09 bits per heavy atom. The van der Waals surface area contributed by atoms with Gasteiger partial charge in [0.1, 0.15) is 0 Å². The Balaban J connectivity index is 2.68. The summed E-state index contributed by atoms with van der Waals surface area (Å²) in [7, 11) is 0. The van der Waals surface area contributed by atoms with Gasteiger partial charge >= 0.3 is 0 Å². The van der Waals surface area contributed by atoms with E-state index in [0.29, 0.717) is 18.8 Å². The van der Waals surface area contributed by atoms with Gasteiger partial charge in [-0.25, -0.2) is 0 Å². The minimum absolute atomic E-state index is 0.0375. The summed E-state index contributed by atoms with van der Waals surface area (Å²) in [6.07, 6.45) is 0. The highest BCUT2D eigenvalue weighted by Crippen LogP contribution is 2.18. The molecule has 0 heterocycles. The average molecular weight is 305 g/mol. The number of hydrogen-bond donors (Lipinski definition) is 2. The number of rotatable bonds is 6. The van der Waals surface area contributed by atoms with Crippen molar-refractivity contribution >= 4 is 29.1 Å². The van der Waals surface area contributed by atoms with Crippen molar-refractivity contribution in [2.45, 2.75) is 27.7 Å². The second kappa shape index (κ2) is 8.17. The van der Waals surface area contributed by atoms with E-state index in [1.54, 1.807) is 29.2 Å². The summed E-state index contributed by atoms with van der Waals surface area (Å²) in [6, 6.07) is 6.99. The van der Waals surface area contributed by atoms with E-state index in [2.05, 4.69) is 10.6 Å². The molecule has 120 valence electrons. The molecular formula is C16H23N3O3. The van der Waals surface area contributed by atoms with Crippen molar-refractivity contribution in [3.63, 3.8) is 0 Å². The maximum Gasteiger partial charge on any atom is 0.223 e. The molecule has 0 aliphatic heterocycles. The lowest BCUT2D eigenvalue weighted by Gasteiger charge is -2.22. The monoisotopic (exact) mass is 305 g/mol. The van der Waals surface area contributed by atoms with Gasteiger partial charge in [0.05, 0.1) is 0 Å². The molecule has 0 spiro atoms. The highest BCUT2D eigenvalue weighted by molar-refractivity contribution is 5.93. The maximum atomic E-state index is 11.8. The summed E-state index contributed by atoms with van der Waals surface area (Å²) in [6.45, 7) is 7.34. The Morgan fingerprint density at radius 2 is 1.68 bits per heavy atom. The van der Waals surface area contributed by atoms with Crippen molar-refractivity contribution in [2.24, 2.45) is 5.92 Å². The summed E-state index contributed by atoms with van der Waals surface area (Å²) in [5, 5.41) is 5.46. The molecule has 1 aromatic carbocycles. The van der Waals surface area contributed by atoms with Gasteiger partial charge in [-0.15, -0.1) is 0 Å². The fourth-order valence-corrected chi connectivity index (χ4v) is 1.89. The summed E-state index contributed by atoms with van der Waals surface area (Å²) >= 11 is 0. The Labute approximate surface area is 130 Å². The lowest BCUT2D eigenvalue weighted by Crippen LogP contribution is -2.38. The van der Waals surface area contributed by atoms with E-state index in [1.807, 2.05) is 13.8 Å². The van der Waals surface area contributed by atoms with Gasteiger partial charge < -0.3 is 15.5 Å². The minimum atomic E-state index is -0.146. The predicted molar refractivity (Wildman–Crippen MR) is 86.6 cm³/mol. The van der Waals surface area contributed by atoms with Gasteiger partial charge in [-0.2, -0.15) is 0 Å². The molecule has 1 aromatic rings. The molecule has 0 bridgehead atoms. The molecule has 0 unspecified atom stereocenters. The van der Waals surface area contributed by atoms with Crippen LogP contribution in [-0.4, -0.2) is 30.8 Å². The van der Waals surface area contributed by atoms with Crippen LogP contribution in [0.1, 0.15) is 27.7 Å². The maximum absolute atomic E-state index is 11.8.